The number of hydrogen-bond donors (Lipinski definition) is 4. The first-order chi connectivity index (χ1) is 15.4. The summed E-state index contributed by atoms with van der Waals surface area (Å²) in [6.45, 7) is 3.31. The number of carbonyl (C=O) groups excluding carboxylic acids is 1. The summed E-state index contributed by atoms with van der Waals surface area (Å²) >= 11 is 0. The van der Waals surface area contributed by atoms with E-state index in [4.69, 9.17) is 27.9 Å². The number of pyridine rings is 1. The van der Waals surface area contributed by atoms with Gasteiger partial charge in [0.15, 0.2) is 11.8 Å². The summed E-state index contributed by atoms with van der Waals surface area (Å²) < 4.78 is 2.21. The molecule has 0 aliphatic carbocycles. The topological polar surface area (TPSA) is 164 Å². The number of guanidine groups is 1. The van der Waals surface area contributed by atoms with Gasteiger partial charge in [-0.25, -0.2) is 9.97 Å². The second kappa shape index (κ2) is 10.9. The molecule has 0 spiro atoms. The Kier molecular flexibility index (Phi) is 7.99. The van der Waals surface area contributed by atoms with Gasteiger partial charge in [-0.3, -0.25) is 9.79 Å². The van der Waals surface area contributed by atoms with Crippen LogP contribution in [0.1, 0.15) is 51.3 Å². The number of hydrogen-bond acceptors (Lipinski definition) is 6. The highest BCUT2D eigenvalue weighted by atomic mass is 16.1. The molecule has 0 radical (unpaired) electrons. The lowest BCUT2D eigenvalue weighted by molar-refractivity contribution is -0.120. The second-order valence-corrected chi connectivity index (χ2v) is 8.12. The van der Waals surface area contributed by atoms with Crippen molar-refractivity contribution in [1.29, 1.82) is 0 Å². The molecule has 0 saturated carbocycles. The normalized spacial score (nSPS) is 12.3. The predicted octanol–water partition coefficient (Wildman–Crippen LogP) is 2.24. The zero-order valence-corrected chi connectivity index (χ0v) is 18.8. The van der Waals surface area contributed by atoms with E-state index in [9.17, 15) is 4.79 Å². The van der Waals surface area contributed by atoms with Crippen molar-refractivity contribution in [3.8, 4) is 0 Å². The molecule has 32 heavy (non-hydrogen) atoms. The number of para-hydroxylation sites is 1. The van der Waals surface area contributed by atoms with Gasteiger partial charge in [0, 0.05) is 31.3 Å². The van der Waals surface area contributed by atoms with Crippen LogP contribution in [0.5, 0.6) is 0 Å². The number of aromatic nitrogens is 3. The van der Waals surface area contributed by atoms with E-state index >= 15 is 0 Å². The molecule has 0 aliphatic rings. The molecule has 0 fully saturated rings. The quantitative estimate of drug-likeness (QED) is 0.191. The Morgan fingerprint density at radius 2 is 1.94 bits per heavy atom. The van der Waals surface area contributed by atoms with Gasteiger partial charge in [0.2, 0.25) is 0 Å². The van der Waals surface area contributed by atoms with Crippen LogP contribution in [0, 0.1) is 0 Å². The maximum atomic E-state index is 12.5. The Balaban J connectivity index is 1.75. The number of ketones is 1. The van der Waals surface area contributed by atoms with E-state index < -0.39 is 6.04 Å². The van der Waals surface area contributed by atoms with Gasteiger partial charge >= 0.3 is 0 Å². The van der Waals surface area contributed by atoms with Crippen molar-refractivity contribution < 1.29 is 4.79 Å². The van der Waals surface area contributed by atoms with Gasteiger partial charge in [-0.1, -0.05) is 31.5 Å². The number of carbonyl (C=O) groups is 1. The van der Waals surface area contributed by atoms with Crippen LogP contribution in [0.4, 0.5) is 5.82 Å². The molecule has 3 aromatic rings. The Labute approximate surface area is 188 Å². The second-order valence-electron chi connectivity index (χ2n) is 8.12. The number of aliphatic imine (C=N–C) groups is 1. The number of fused-ring (bicyclic) bond motifs is 3. The molecule has 0 unspecified atom stereocenters. The Bertz CT molecular complexity index is 1100. The van der Waals surface area contributed by atoms with Crippen molar-refractivity contribution in [2.75, 3.05) is 12.3 Å². The highest BCUT2D eigenvalue weighted by Gasteiger charge is 2.18. The van der Waals surface area contributed by atoms with Crippen LogP contribution in [0.3, 0.4) is 0 Å². The summed E-state index contributed by atoms with van der Waals surface area (Å²) in [6.07, 6.45) is 5.31. The lowest BCUT2D eigenvalue weighted by atomic mass is 10.0. The van der Waals surface area contributed by atoms with Crippen LogP contribution in [-0.4, -0.2) is 38.9 Å². The summed E-state index contributed by atoms with van der Waals surface area (Å²) in [6, 6.07) is 7.45. The fourth-order valence-corrected chi connectivity index (χ4v) is 3.95. The number of anilines is 1. The van der Waals surface area contributed by atoms with E-state index in [0.29, 0.717) is 44.6 Å². The van der Waals surface area contributed by atoms with E-state index in [1.165, 1.54) is 0 Å². The minimum absolute atomic E-state index is 0.0553. The number of nitrogens with two attached hydrogens (primary N) is 4. The summed E-state index contributed by atoms with van der Waals surface area (Å²) in [5.41, 5.74) is 25.5. The third-order valence-electron chi connectivity index (χ3n) is 5.63. The first-order valence-electron chi connectivity index (χ1n) is 11.3. The van der Waals surface area contributed by atoms with Gasteiger partial charge in [0.25, 0.3) is 0 Å². The van der Waals surface area contributed by atoms with Crippen molar-refractivity contribution in [1.82, 2.24) is 14.5 Å². The lowest BCUT2D eigenvalue weighted by Crippen LogP contribution is -2.31. The molecule has 9 nitrogen and oxygen atoms in total. The van der Waals surface area contributed by atoms with Gasteiger partial charge in [0.05, 0.1) is 17.1 Å². The Hall–Kier alpha value is -3.20. The van der Waals surface area contributed by atoms with Gasteiger partial charge in [0.1, 0.15) is 17.1 Å². The molecule has 3 rings (SSSR count). The molecular weight excluding hydrogens is 404 g/mol. The molecule has 0 amide bonds. The maximum Gasteiger partial charge on any atom is 0.185 e. The first-order valence-corrected chi connectivity index (χ1v) is 11.3. The smallest absolute Gasteiger partial charge is 0.185 e. The van der Waals surface area contributed by atoms with Crippen LogP contribution >= 0.6 is 0 Å². The molecule has 2 aromatic heterocycles. The standard InChI is InChI=1S/C23H34N8O/c1-2-3-12-19-30-20-21(15-8-4-5-10-17(15)29-22(20)25)31(19)14-7-11-18(32)16(24)9-6-13-28-23(26)27/h4-5,8,10,16H,2-3,6-7,9,11-14,24H2,1H3,(H2,25,29)(H4,26,27,28)/t16-/m0/s1. The van der Waals surface area contributed by atoms with Crippen LogP contribution < -0.4 is 22.9 Å². The summed E-state index contributed by atoms with van der Waals surface area (Å²) in [5, 5.41) is 1.02. The van der Waals surface area contributed by atoms with E-state index in [0.717, 1.165) is 47.0 Å². The minimum atomic E-state index is -0.496. The zero-order chi connectivity index (χ0) is 23.1. The monoisotopic (exact) mass is 438 g/mol. The molecule has 2 heterocycles. The van der Waals surface area contributed by atoms with Crippen LogP contribution in [0.2, 0.25) is 0 Å². The third kappa shape index (κ3) is 5.53. The minimum Gasteiger partial charge on any atom is -0.382 e. The fraction of sp³-hybridized carbons (Fsp3) is 0.478. The molecule has 172 valence electrons. The first kappa shape index (κ1) is 23.5. The number of aryl methyl sites for hydroxylation is 2. The van der Waals surface area contributed by atoms with E-state index in [2.05, 4.69) is 21.5 Å². The number of unbranched alkanes of at least 4 members (excludes halogenated alkanes) is 1. The van der Waals surface area contributed by atoms with Gasteiger partial charge in [-0.15, -0.1) is 0 Å². The van der Waals surface area contributed by atoms with E-state index in [1.807, 2.05) is 24.3 Å². The highest BCUT2D eigenvalue weighted by Crippen LogP contribution is 2.29. The van der Waals surface area contributed by atoms with E-state index in [-0.39, 0.29) is 11.7 Å². The summed E-state index contributed by atoms with van der Waals surface area (Å²) in [7, 11) is 0. The molecule has 9 heteroatoms. The zero-order valence-electron chi connectivity index (χ0n) is 18.8. The fourth-order valence-electron chi connectivity index (χ4n) is 3.95. The van der Waals surface area contributed by atoms with Crippen molar-refractivity contribution in [2.24, 2.45) is 22.2 Å². The molecular formula is C23H34N8O. The van der Waals surface area contributed by atoms with Gasteiger partial charge < -0.3 is 27.5 Å². The molecule has 1 aromatic carbocycles. The van der Waals surface area contributed by atoms with Crippen molar-refractivity contribution in [3.05, 3.63) is 30.1 Å². The Morgan fingerprint density at radius 3 is 2.69 bits per heavy atom. The molecule has 8 N–H and O–H groups in total. The number of benzene rings is 1. The van der Waals surface area contributed by atoms with Crippen LogP contribution in [0.25, 0.3) is 21.9 Å². The number of Topliss-reactive ketones (excluding diaryl/α,β-unsaturated/α-hetero) is 1. The van der Waals surface area contributed by atoms with E-state index in [1.54, 1.807) is 0 Å². The van der Waals surface area contributed by atoms with Gasteiger partial charge in [-0.2, -0.15) is 0 Å². The average molecular weight is 439 g/mol. The number of nitrogens with zero attached hydrogens (tertiary/aromatic N) is 4. The number of nitrogen functional groups attached to an aromatic ring is 1. The molecule has 1 atom stereocenters. The van der Waals surface area contributed by atoms with Crippen molar-refractivity contribution in [3.63, 3.8) is 0 Å². The average Bonchev–Trinajstić information content (AvgIpc) is 3.14. The SMILES string of the molecule is CCCCc1nc2c(N)nc3ccccc3c2n1CCCC(=O)[C@@H](N)CCCN=C(N)N. The molecule has 0 saturated heterocycles. The van der Waals surface area contributed by atoms with Crippen LogP contribution in [0.15, 0.2) is 29.3 Å². The molecule has 0 aliphatic heterocycles. The number of rotatable bonds is 12. The summed E-state index contributed by atoms with van der Waals surface area (Å²) in [5.74, 6) is 1.54. The van der Waals surface area contributed by atoms with Crippen molar-refractivity contribution >= 4 is 39.5 Å². The van der Waals surface area contributed by atoms with Crippen molar-refractivity contribution in [2.45, 2.75) is 64.5 Å². The number of imidazole rings is 1. The summed E-state index contributed by atoms with van der Waals surface area (Å²) in [4.78, 5) is 25.8. The lowest BCUT2D eigenvalue weighted by Gasteiger charge is -2.13. The third-order valence-corrected chi connectivity index (χ3v) is 5.63. The Morgan fingerprint density at radius 1 is 1.16 bits per heavy atom. The van der Waals surface area contributed by atoms with Gasteiger partial charge in [-0.05, 0) is 31.7 Å². The largest absolute Gasteiger partial charge is 0.382 e. The maximum absolute atomic E-state index is 12.5. The highest BCUT2D eigenvalue weighted by molar-refractivity contribution is 6.06. The molecule has 0 bridgehead atoms. The predicted molar refractivity (Wildman–Crippen MR) is 130 cm³/mol. The van der Waals surface area contributed by atoms with Crippen LogP contribution in [-0.2, 0) is 17.8 Å².